The van der Waals surface area contributed by atoms with Gasteiger partial charge in [-0.1, -0.05) is 6.07 Å². The summed E-state index contributed by atoms with van der Waals surface area (Å²) in [5.74, 6) is 1.96. The van der Waals surface area contributed by atoms with Crippen molar-refractivity contribution < 1.29 is 23.9 Å². The summed E-state index contributed by atoms with van der Waals surface area (Å²) in [5, 5.41) is 11.5. The van der Waals surface area contributed by atoms with Crippen LogP contribution in [0.4, 0.5) is 0 Å². The minimum Gasteiger partial charge on any atom is -0.493 e. The Hall–Kier alpha value is -3.22. The molecule has 7 nitrogen and oxygen atoms in total. The minimum absolute atomic E-state index is 0.0758. The molecule has 2 rings (SSSR count). The maximum atomic E-state index is 11.5. The summed E-state index contributed by atoms with van der Waals surface area (Å²) in [7, 11) is 6.02. The topological polar surface area (TPSA) is 80.1 Å². The highest BCUT2D eigenvalue weighted by atomic mass is 16.6. The van der Waals surface area contributed by atoms with Gasteiger partial charge in [0.2, 0.25) is 0 Å². The van der Waals surface area contributed by atoms with Crippen molar-refractivity contribution in [2.45, 2.75) is 0 Å². The molecule has 0 atom stereocenters. The van der Waals surface area contributed by atoms with Gasteiger partial charge < -0.3 is 18.9 Å². The number of ether oxygens (including phenoxy) is 4. The zero-order chi connectivity index (χ0) is 18.4. The third-order valence-corrected chi connectivity index (χ3v) is 3.59. The van der Waals surface area contributed by atoms with Crippen LogP contribution in [0.1, 0.15) is 11.1 Å². The van der Waals surface area contributed by atoms with Gasteiger partial charge in [0.05, 0.1) is 38.9 Å². The largest absolute Gasteiger partial charge is 0.493 e. The quantitative estimate of drug-likeness (QED) is 0.434. The first-order chi connectivity index (χ1) is 12.0. The number of nitro groups is 1. The van der Waals surface area contributed by atoms with Gasteiger partial charge in [-0.25, -0.2) is 0 Å². The van der Waals surface area contributed by atoms with Crippen molar-refractivity contribution in [2.75, 3.05) is 28.4 Å². The monoisotopic (exact) mass is 345 g/mol. The van der Waals surface area contributed by atoms with Crippen LogP contribution < -0.4 is 18.9 Å². The van der Waals surface area contributed by atoms with E-state index < -0.39 is 4.92 Å². The maximum absolute atomic E-state index is 11.5. The number of methoxy groups -OCH3 is 4. The van der Waals surface area contributed by atoms with Crippen LogP contribution in [0.5, 0.6) is 23.0 Å². The Kier molecular flexibility index (Phi) is 5.84. The summed E-state index contributed by atoms with van der Waals surface area (Å²) < 4.78 is 20.8. The van der Waals surface area contributed by atoms with Crippen molar-refractivity contribution in [1.82, 2.24) is 0 Å². The molecule has 0 saturated carbocycles. The van der Waals surface area contributed by atoms with Crippen molar-refractivity contribution in [2.24, 2.45) is 0 Å². The summed E-state index contributed by atoms with van der Waals surface area (Å²) >= 11 is 0. The van der Waals surface area contributed by atoms with E-state index in [2.05, 4.69) is 0 Å². The molecule has 0 saturated heterocycles. The Morgan fingerprint density at radius 2 is 1.36 bits per heavy atom. The zero-order valence-corrected chi connectivity index (χ0v) is 14.4. The van der Waals surface area contributed by atoms with E-state index in [0.717, 1.165) is 0 Å². The van der Waals surface area contributed by atoms with Gasteiger partial charge in [0, 0.05) is 6.08 Å². The molecule has 7 heteroatoms. The third-order valence-electron chi connectivity index (χ3n) is 3.59. The number of hydrogen-bond acceptors (Lipinski definition) is 6. The zero-order valence-electron chi connectivity index (χ0n) is 14.4. The molecular weight excluding hydrogens is 326 g/mol. The SMILES string of the molecule is COc1ccc(/C=C(\c2ccc(OC)c(OC)c2)[N+](=O)[O-])cc1OC. The second-order valence-corrected chi connectivity index (χ2v) is 4.97. The summed E-state index contributed by atoms with van der Waals surface area (Å²) in [6.07, 6.45) is 1.46. The molecule has 0 N–H and O–H groups in total. The van der Waals surface area contributed by atoms with Crippen LogP contribution >= 0.6 is 0 Å². The molecule has 0 fully saturated rings. The predicted molar refractivity (Wildman–Crippen MR) is 94.0 cm³/mol. The Labute approximate surface area is 145 Å². The van der Waals surface area contributed by atoms with E-state index in [9.17, 15) is 10.1 Å². The highest BCUT2D eigenvalue weighted by Gasteiger charge is 2.17. The normalized spacial score (nSPS) is 11.0. The molecule has 132 valence electrons. The van der Waals surface area contributed by atoms with Crippen LogP contribution in [0.2, 0.25) is 0 Å². The van der Waals surface area contributed by atoms with Crippen molar-refractivity contribution in [3.8, 4) is 23.0 Å². The fraction of sp³-hybridized carbons (Fsp3) is 0.222. The van der Waals surface area contributed by atoms with E-state index >= 15 is 0 Å². The van der Waals surface area contributed by atoms with Gasteiger partial charge in [-0.15, -0.1) is 0 Å². The van der Waals surface area contributed by atoms with Crippen LogP contribution in [0.25, 0.3) is 11.8 Å². The number of rotatable bonds is 7. The fourth-order valence-corrected chi connectivity index (χ4v) is 2.34. The standard InChI is InChI=1S/C18H19NO6/c1-22-15-7-5-12(10-17(15)24-3)9-14(19(20)21)13-6-8-16(23-2)18(11-13)25-4/h5-11H,1-4H3/b14-9+. The van der Waals surface area contributed by atoms with Crippen LogP contribution in [-0.4, -0.2) is 33.4 Å². The van der Waals surface area contributed by atoms with Gasteiger partial charge >= 0.3 is 0 Å². The second-order valence-electron chi connectivity index (χ2n) is 4.97. The lowest BCUT2D eigenvalue weighted by molar-refractivity contribution is -0.374. The third kappa shape index (κ3) is 4.00. The molecule has 0 bridgehead atoms. The first kappa shape index (κ1) is 18.1. The first-order valence-corrected chi connectivity index (χ1v) is 7.34. The molecule has 2 aromatic rings. The molecule has 0 unspecified atom stereocenters. The molecule has 0 aliphatic heterocycles. The minimum atomic E-state index is -0.446. The lowest BCUT2D eigenvalue weighted by Gasteiger charge is -2.09. The smallest absolute Gasteiger partial charge is 0.277 e. The highest BCUT2D eigenvalue weighted by Crippen LogP contribution is 2.33. The van der Waals surface area contributed by atoms with Crippen molar-refractivity contribution in [3.63, 3.8) is 0 Å². The Morgan fingerprint density at radius 3 is 1.88 bits per heavy atom. The Morgan fingerprint density at radius 1 is 0.840 bits per heavy atom. The van der Waals surface area contributed by atoms with Gasteiger partial charge in [-0.05, 0) is 35.9 Å². The van der Waals surface area contributed by atoms with Gasteiger partial charge in [-0.3, -0.25) is 10.1 Å². The summed E-state index contributed by atoms with van der Waals surface area (Å²) in [4.78, 5) is 11.1. The molecule has 0 aliphatic carbocycles. The van der Waals surface area contributed by atoms with E-state index in [4.69, 9.17) is 18.9 Å². The molecule has 25 heavy (non-hydrogen) atoms. The Balaban J connectivity index is 2.51. The van der Waals surface area contributed by atoms with Crippen LogP contribution in [0, 0.1) is 10.1 Å². The van der Waals surface area contributed by atoms with Crippen molar-refractivity contribution in [1.29, 1.82) is 0 Å². The molecule has 0 aromatic heterocycles. The highest BCUT2D eigenvalue weighted by molar-refractivity contribution is 5.78. The number of hydrogen-bond donors (Lipinski definition) is 0. The van der Waals surface area contributed by atoms with Gasteiger partial charge in [0.1, 0.15) is 0 Å². The summed E-state index contributed by atoms with van der Waals surface area (Å²) in [5.41, 5.74) is 0.935. The average molecular weight is 345 g/mol. The first-order valence-electron chi connectivity index (χ1n) is 7.34. The fourth-order valence-electron chi connectivity index (χ4n) is 2.34. The van der Waals surface area contributed by atoms with Crippen LogP contribution in [-0.2, 0) is 0 Å². The molecular formula is C18H19NO6. The summed E-state index contributed by atoms with van der Waals surface area (Å²) in [6, 6.07) is 9.87. The molecule has 0 heterocycles. The Bertz CT molecular complexity index is 800. The molecule has 0 amide bonds. The van der Waals surface area contributed by atoms with Gasteiger partial charge in [0.15, 0.2) is 23.0 Å². The average Bonchev–Trinajstić information content (AvgIpc) is 2.64. The van der Waals surface area contributed by atoms with E-state index in [1.54, 1.807) is 36.4 Å². The lowest BCUT2D eigenvalue weighted by atomic mass is 10.1. The van der Waals surface area contributed by atoms with E-state index in [0.29, 0.717) is 34.1 Å². The van der Waals surface area contributed by atoms with Crippen molar-refractivity contribution >= 4 is 11.8 Å². The van der Waals surface area contributed by atoms with Crippen molar-refractivity contribution in [3.05, 3.63) is 57.6 Å². The molecule has 2 aromatic carbocycles. The predicted octanol–water partition coefficient (Wildman–Crippen LogP) is 3.50. The van der Waals surface area contributed by atoms with Gasteiger partial charge in [-0.2, -0.15) is 0 Å². The number of benzene rings is 2. The molecule has 0 aliphatic rings. The summed E-state index contributed by atoms with van der Waals surface area (Å²) in [6.45, 7) is 0. The molecule has 0 radical (unpaired) electrons. The van der Waals surface area contributed by atoms with E-state index in [-0.39, 0.29) is 5.70 Å². The van der Waals surface area contributed by atoms with Crippen LogP contribution in [0.15, 0.2) is 36.4 Å². The lowest BCUT2D eigenvalue weighted by Crippen LogP contribution is -2.00. The van der Waals surface area contributed by atoms with E-state index in [1.165, 1.54) is 34.5 Å². The second kappa shape index (κ2) is 8.05. The molecule has 0 spiro atoms. The van der Waals surface area contributed by atoms with Crippen LogP contribution in [0.3, 0.4) is 0 Å². The maximum Gasteiger partial charge on any atom is 0.277 e. The van der Waals surface area contributed by atoms with E-state index in [1.807, 2.05) is 0 Å². The number of nitrogens with zero attached hydrogens (tertiary/aromatic N) is 1. The van der Waals surface area contributed by atoms with Gasteiger partial charge in [0.25, 0.3) is 5.70 Å².